The highest BCUT2D eigenvalue weighted by atomic mass is 16.1. The molecule has 0 aliphatic carbocycles. The van der Waals surface area contributed by atoms with E-state index >= 15 is 0 Å². The Kier molecular flexibility index (Phi) is 3.19. The van der Waals surface area contributed by atoms with Crippen LogP contribution in [0.2, 0.25) is 0 Å². The summed E-state index contributed by atoms with van der Waals surface area (Å²) in [6, 6.07) is 5.44. The Labute approximate surface area is 89.9 Å². The molecular weight excluding hydrogens is 190 g/mol. The summed E-state index contributed by atoms with van der Waals surface area (Å²) < 4.78 is 0. The fourth-order valence-electron chi connectivity index (χ4n) is 1.41. The van der Waals surface area contributed by atoms with Crippen molar-refractivity contribution in [1.82, 2.24) is 0 Å². The zero-order chi connectivity index (χ0) is 11.6. The number of nitrogens with zero attached hydrogens (tertiary/aromatic N) is 1. The van der Waals surface area contributed by atoms with Crippen LogP contribution in [0.5, 0.6) is 0 Å². The normalized spacial score (nSPS) is 10.4. The number of nitrogen functional groups attached to an aromatic ring is 1. The first-order valence-electron chi connectivity index (χ1n) is 4.86. The molecule has 15 heavy (non-hydrogen) atoms. The van der Waals surface area contributed by atoms with Crippen LogP contribution in [0.1, 0.15) is 24.2 Å². The van der Waals surface area contributed by atoms with Crippen LogP contribution in [-0.2, 0) is 0 Å². The molecule has 0 heterocycles. The van der Waals surface area contributed by atoms with Gasteiger partial charge in [-0.1, -0.05) is 6.07 Å². The van der Waals surface area contributed by atoms with E-state index < -0.39 is 5.91 Å². The molecule has 1 aromatic carbocycles. The fourth-order valence-corrected chi connectivity index (χ4v) is 1.41. The molecule has 82 valence electrons. The summed E-state index contributed by atoms with van der Waals surface area (Å²) in [4.78, 5) is 13.2. The summed E-state index contributed by atoms with van der Waals surface area (Å²) >= 11 is 0. The molecule has 0 saturated carbocycles. The first kappa shape index (κ1) is 11.4. The number of carbonyl (C=O) groups is 1. The van der Waals surface area contributed by atoms with E-state index in [1.54, 1.807) is 18.2 Å². The van der Waals surface area contributed by atoms with Gasteiger partial charge in [-0.15, -0.1) is 0 Å². The van der Waals surface area contributed by atoms with Gasteiger partial charge in [0.2, 0.25) is 0 Å². The van der Waals surface area contributed by atoms with Gasteiger partial charge in [-0.05, 0) is 26.0 Å². The van der Waals surface area contributed by atoms with E-state index in [0.29, 0.717) is 16.9 Å². The Bertz CT molecular complexity index is 374. The second-order valence-corrected chi connectivity index (χ2v) is 3.81. The minimum atomic E-state index is -0.454. The zero-order valence-electron chi connectivity index (χ0n) is 9.32. The van der Waals surface area contributed by atoms with E-state index in [9.17, 15) is 4.79 Å². The van der Waals surface area contributed by atoms with Crippen molar-refractivity contribution in [2.75, 3.05) is 17.7 Å². The van der Waals surface area contributed by atoms with E-state index in [4.69, 9.17) is 11.5 Å². The van der Waals surface area contributed by atoms with Gasteiger partial charge in [0.1, 0.15) is 0 Å². The first-order valence-corrected chi connectivity index (χ1v) is 4.86. The van der Waals surface area contributed by atoms with Crippen LogP contribution in [0.25, 0.3) is 0 Å². The molecule has 0 atom stereocenters. The molecule has 0 bridgehead atoms. The molecule has 0 unspecified atom stereocenters. The van der Waals surface area contributed by atoms with Crippen LogP contribution < -0.4 is 16.4 Å². The van der Waals surface area contributed by atoms with E-state index in [1.165, 1.54) is 0 Å². The fraction of sp³-hybridized carbons (Fsp3) is 0.364. The van der Waals surface area contributed by atoms with E-state index in [1.807, 2.05) is 25.8 Å². The lowest BCUT2D eigenvalue weighted by Crippen LogP contribution is -2.29. The molecule has 0 aliphatic heterocycles. The molecule has 4 heteroatoms. The number of amides is 1. The predicted molar refractivity (Wildman–Crippen MR) is 62.9 cm³/mol. The van der Waals surface area contributed by atoms with Gasteiger partial charge in [0.15, 0.2) is 0 Å². The number of benzene rings is 1. The molecular formula is C11H17N3O. The van der Waals surface area contributed by atoms with E-state index in [0.717, 1.165) is 0 Å². The summed E-state index contributed by atoms with van der Waals surface area (Å²) in [5, 5.41) is 0. The molecule has 1 rings (SSSR count). The van der Waals surface area contributed by atoms with Crippen molar-refractivity contribution < 1.29 is 4.79 Å². The quantitative estimate of drug-likeness (QED) is 0.732. The average molecular weight is 207 g/mol. The maximum Gasteiger partial charge on any atom is 0.250 e. The van der Waals surface area contributed by atoms with E-state index in [2.05, 4.69) is 0 Å². The third-order valence-corrected chi connectivity index (χ3v) is 2.46. The number of hydrogen-bond acceptors (Lipinski definition) is 3. The highest BCUT2D eigenvalue weighted by molar-refractivity contribution is 6.01. The van der Waals surface area contributed by atoms with Gasteiger partial charge in [0, 0.05) is 13.1 Å². The van der Waals surface area contributed by atoms with Crippen molar-refractivity contribution in [3.8, 4) is 0 Å². The van der Waals surface area contributed by atoms with Crippen molar-refractivity contribution in [2.24, 2.45) is 5.73 Å². The lowest BCUT2D eigenvalue weighted by atomic mass is 10.1. The number of carbonyl (C=O) groups excluding carboxylic acids is 1. The summed E-state index contributed by atoms with van der Waals surface area (Å²) in [7, 11) is 1.89. The smallest absolute Gasteiger partial charge is 0.250 e. The Morgan fingerprint density at radius 3 is 2.47 bits per heavy atom. The third kappa shape index (κ3) is 2.21. The van der Waals surface area contributed by atoms with Crippen LogP contribution in [0.3, 0.4) is 0 Å². The molecule has 0 fully saturated rings. The van der Waals surface area contributed by atoms with Gasteiger partial charge in [0.25, 0.3) is 5.91 Å². The summed E-state index contributed by atoms with van der Waals surface area (Å²) in [6.45, 7) is 4.05. The van der Waals surface area contributed by atoms with Crippen LogP contribution >= 0.6 is 0 Å². The topological polar surface area (TPSA) is 72.3 Å². The highest BCUT2D eigenvalue weighted by Crippen LogP contribution is 2.27. The van der Waals surface area contributed by atoms with Gasteiger partial charge in [-0.3, -0.25) is 4.79 Å². The van der Waals surface area contributed by atoms with Gasteiger partial charge >= 0.3 is 0 Å². The van der Waals surface area contributed by atoms with Crippen LogP contribution in [-0.4, -0.2) is 19.0 Å². The van der Waals surface area contributed by atoms with Crippen molar-refractivity contribution in [1.29, 1.82) is 0 Å². The number of rotatable bonds is 3. The lowest BCUT2D eigenvalue weighted by Gasteiger charge is -2.26. The number of nitrogens with two attached hydrogens (primary N) is 2. The predicted octanol–water partition coefficient (Wildman–Crippen LogP) is 1.21. The maximum absolute atomic E-state index is 11.2. The number of para-hydroxylation sites is 1. The highest BCUT2D eigenvalue weighted by Gasteiger charge is 2.16. The largest absolute Gasteiger partial charge is 0.397 e. The Morgan fingerprint density at radius 1 is 1.40 bits per heavy atom. The van der Waals surface area contributed by atoms with Crippen molar-refractivity contribution in [2.45, 2.75) is 19.9 Å². The number of hydrogen-bond donors (Lipinski definition) is 2. The molecule has 1 aromatic rings. The number of primary amides is 1. The minimum absolute atomic E-state index is 0.257. The van der Waals surface area contributed by atoms with Crippen molar-refractivity contribution in [3.63, 3.8) is 0 Å². The maximum atomic E-state index is 11.2. The standard InChI is InChI=1S/C11H17N3O/c1-7(2)14(3)10-8(11(13)15)5-4-6-9(10)12/h4-7H,12H2,1-3H3,(H2,13,15). The van der Waals surface area contributed by atoms with Crippen molar-refractivity contribution >= 4 is 17.3 Å². The van der Waals surface area contributed by atoms with Gasteiger partial charge in [-0.2, -0.15) is 0 Å². The Morgan fingerprint density at radius 2 is 2.00 bits per heavy atom. The first-order chi connectivity index (χ1) is 6.95. The third-order valence-electron chi connectivity index (χ3n) is 2.46. The molecule has 0 spiro atoms. The molecule has 4 N–H and O–H groups in total. The van der Waals surface area contributed by atoms with Gasteiger partial charge in [-0.25, -0.2) is 0 Å². The summed E-state index contributed by atoms with van der Waals surface area (Å²) in [6.07, 6.45) is 0. The monoisotopic (exact) mass is 207 g/mol. The van der Waals surface area contributed by atoms with Crippen molar-refractivity contribution in [3.05, 3.63) is 23.8 Å². The summed E-state index contributed by atoms with van der Waals surface area (Å²) in [5.41, 5.74) is 12.9. The van der Waals surface area contributed by atoms with Crippen LogP contribution in [0, 0.1) is 0 Å². The molecule has 0 saturated heterocycles. The second kappa shape index (κ2) is 4.21. The van der Waals surface area contributed by atoms with Gasteiger partial charge < -0.3 is 16.4 Å². The van der Waals surface area contributed by atoms with E-state index in [-0.39, 0.29) is 6.04 Å². The zero-order valence-corrected chi connectivity index (χ0v) is 9.32. The molecule has 0 aromatic heterocycles. The Balaban J connectivity index is 3.30. The number of anilines is 2. The lowest BCUT2D eigenvalue weighted by molar-refractivity contribution is 0.100. The van der Waals surface area contributed by atoms with Crippen LogP contribution in [0.15, 0.2) is 18.2 Å². The second-order valence-electron chi connectivity index (χ2n) is 3.81. The SMILES string of the molecule is CC(C)N(C)c1c(N)cccc1C(N)=O. The van der Waals surface area contributed by atoms with Gasteiger partial charge in [0.05, 0.1) is 16.9 Å². The molecule has 4 nitrogen and oxygen atoms in total. The average Bonchev–Trinajstić information content (AvgIpc) is 2.16. The molecule has 0 aliphatic rings. The molecule has 0 radical (unpaired) electrons. The Hall–Kier alpha value is -1.71. The molecule has 1 amide bonds. The minimum Gasteiger partial charge on any atom is -0.397 e. The van der Waals surface area contributed by atoms with Crippen LogP contribution in [0.4, 0.5) is 11.4 Å². The summed E-state index contributed by atoms with van der Waals surface area (Å²) in [5.74, 6) is -0.454.